The quantitative estimate of drug-likeness (QED) is 0.670. The standard InChI is InChI=1S/C16H13Cl2N3S/c17-11-4-5-14(21-16-20-6-7-22-16)12(8-11)15-10(9-19)2-1-3-13(15)18/h1-8H,9,19H2,(H,20,21). The zero-order valence-corrected chi connectivity index (χ0v) is 13.8. The van der Waals surface area contributed by atoms with Gasteiger partial charge in [-0.2, -0.15) is 0 Å². The molecule has 6 heteroatoms. The average molecular weight is 350 g/mol. The van der Waals surface area contributed by atoms with Crippen molar-refractivity contribution < 1.29 is 0 Å². The molecule has 0 saturated carbocycles. The lowest BCUT2D eigenvalue weighted by Gasteiger charge is -2.15. The molecule has 3 nitrogen and oxygen atoms in total. The predicted octanol–water partition coefficient (Wildman–Crippen LogP) is 5.32. The van der Waals surface area contributed by atoms with E-state index < -0.39 is 0 Å². The summed E-state index contributed by atoms with van der Waals surface area (Å²) < 4.78 is 0. The molecule has 2 aromatic carbocycles. The number of hydrogen-bond acceptors (Lipinski definition) is 4. The highest BCUT2D eigenvalue weighted by Gasteiger charge is 2.14. The third-order valence-electron chi connectivity index (χ3n) is 3.24. The summed E-state index contributed by atoms with van der Waals surface area (Å²) in [5, 5.41) is 7.32. The molecular weight excluding hydrogens is 337 g/mol. The zero-order chi connectivity index (χ0) is 15.5. The van der Waals surface area contributed by atoms with E-state index in [-0.39, 0.29) is 0 Å². The first kappa shape index (κ1) is 15.3. The molecule has 0 saturated heterocycles. The van der Waals surface area contributed by atoms with Gasteiger partial charge in [0.15, 0.2) is 5.13 Å². The van der Waals surface area contributed by atoms with Crippen LogP contribution in [-0.4, -0.2) is 4.98 Å². The smallest absolute Gasteiger partial charge is 0.187 e. The van der Waals surface area contributed by atoms with Crippen LogP contribution in [0.4, 0.5) is 10.8 Å². The normalized spacial score (nSPS) is 10.7. The second kappa shape index (κ2) is 6.67. The number of rotatable bonds is 4. The van der Waals surface area contributed by atoms with Crippen LogP contribution in [0.2, 0.25) is 10.0 Å². The van der Waals surface area contributed by atoms with Gasteiger partial charge in [0, 0.05) is 45.0 Å². The molecule has 3 rings (SSSR count). The first-order chi connectivity index (χ1) is 10.7. The number of anilines is 2. The summed E-state index contributed by atoms with van der Waals surface area (Å²) >= 11 is 14.1. The molecule has 1 heterocycles. The van der Waals surface area contributed by atoms with Gasteiger partial charge in [-0.15, -0.1) is 11.3 Å². The predicted molar refractivity (Wildman–Crippen MR) is 95.2 cm³/mol. The lowest BCUT2D eigenvalue weighted by atomic mass is 9.98. The van der Waals surface area contributed by atoms with E-state index in [1.54, 1.807) is 6.20 Å². The average Bonchev–Trinajstić information content (AvgIpc) is 3.02. The van der Waals surface area contributed by atoms with Gasteiger partial charge in [0.25, 0.3) is 0 Å². The van der Waals surface area contributed by atoms with Gasteiger partial charge in [-0.05, 0) is 29.8 Å². The Morgan fingerprint density at radius 3 is 2.77 bits per heavy atom. The minimum absolute atomic E-state index is 0.402. The topological polar surface area (TPSA) is 50.9 Å². The number of halogens is 2. The van der Waals surface area contributed by atoms with E-state index in [9.17, 15) is 0 Å². The first-order valence-electron chi connectivity index (χ1n) is 6.63. The van der Waals surface area contributed by atoms with Crippen molar-refractivity contribution in [3.05, 3.63) is 63.6 Å². The number of nitrogens with zero attached hydrogens (tertiary/aromatic N) is 1. The maximum atomic E-state index is 6.41. The van der Waals surface area contributed by atoms with E-state index in [4.69, 9.17) is 28.9 Å². The molecule has 0 atom stereocenters. The van der Waals surface area contributed by atoms with Crippen molar-refractivity contribution in [3.8, 4) is 11.1 Å². The molecule has 0 amide bonds. The highest BCUT2D eigenvalue weighted by atomic mass is 35.5. The summed E-state index contributed by atoms with van der Waals surface area (Å²) in [5.74, 6) is 0. The van der Waals surface area contributed by atoms with E-state index in [0.717, 1.165) is 27.5 Å². The SMILES string of the molecule is NCc1cccc(Cl)c1-c1cc(Cl)ccc1Nc1nccs1. The van der Waals surface area contributed by atoms with Crippen LogP contribution in [0.5, 0.6) is 0 Å². The van der Waals surface area contributed by atoms with Crippen molar-refractivity contribution in [2.75, 3.05) is 5.32 Å². The molecule has 0 aliphatic rings. The van der Waals surface area contributed by atoms with Crippen LogP contribution >= 0.6 is 34.5 Å². The number of nitrogens with two attached hydrogens (primary N) is 1. The summed E-state index contributed by atoms with van der Waals surface area (Å²) in [6.45, 7) is 0.402. The Morgan fingerprint density at radius 1 is 1.18 bits per heavy atom. The van der Waals surface area contributed by atoms with Crippen molar-refractivity contribution in [2.24, 2.45) is 5.73 Å². The van der Waals surface area contributed by atoms with Gasteiger partial charge in [0.2, 0.25) is 0 Å². The summed E-state index contributed by atoms with van der Waals surface area (Å²) in [7, 11) is 0. The molecule has 0 fully saturated rings. The molecule has 0 spiro atoms. The molecular formula is C16H13Cl2N3S. The monoisotopic (exact) mass is 349 g/mol. The van der Waals surface area contributed by atoms with Crippen molar-refractivity contribution in [1.82, 2.24) is 4.98 Å². The number of hydrogen-bond donors (Lipinski definition) is 2. The molecule has 1 aromatic heterocycles. The Bertz CT molecular complexity index is 788. The zero-order valence-electron chi connectivity index (χ0n) is 11.5. The third-order valence-corrected chi connectivity index (χ3v) is 4.48. The fourth-order valence-corrected chi connectivity index (χ4v) is 3.28. The first-order valence-corrected chi connectivity index (χ1v) is 8.26. The second-order valence-electron chi connectivity index (χ2n) is 4.63. The Kier molecular flexibility index (Phi) is 4.64. The second-order valence-corrected chi connectivity index (χ2v) is 6.37. The van der Waals surface area contributed by atoms with Gasteiger partial charge < -0.3 is 11.1 Å². The van der Waals surface area contributed by atoms with Crippen molar-refractivity contribution in [2.45, 2.75) is 6.54 Å². The van der Waals surface area contributed by atoms with E-state index in [2.05, 4.69) is 10.3 Å². The van der Waals surface area contributed by atoms with Gasteiger partial charge in [-0.3, -0.25) is 0 Å². The van der Waals surface area contributed by atoms with Crippen LogP contribution < -0.4 is 11.1 Å². The number of thiazole rings is 1. The van der Waals surface area contributed by atoms with Crippen LogP contribution in [0.1, 0.15) is 5.56 Å². The lowest BCUT2D eigenvalue weighted by molar-refractivity contribution is 1.07. The highest BCUT2D eigenvalue weighted by Crippen LogP contribution is 2.39. The van der Waals surface area contributed by atoms with Crippen molar-refractivity contribution >= 4 is 45.4 Å². The maximum Gasteiger partial charge on any atom is 0.187 e. The Hall–Kier alpha value is -1.59. The van der Waals surface area contributed by atoms with Crippen LogP contribution in [0, 0.1) is 0 Å². The van der Waals surface area contributed by atoms with Gasteiger partial charge in [0.1, 0.15) is 0 Å². The number of aromatic nitrogens is 1. The summed E-state index contributed by atoms with van der Waals surface area (Å²) in [4.78, 5) is 4.25. The number of nitrogens with one attached hydrogen (secondary N) is 1. The Morgan fingerprint density at radius 2 is 2.05 bits per heavy atom. The molecule has 0 unspecified atom stereocenters. The fourth-order valence-electron chi connectivity index (χ4n) is 2.27. The largest absolute Gasteiger partial charge is 0.331 e. The summed E-state index contributed by atoms with van der Waals surface area (Å²) in [6.07, 6.45) is 1.75. The number of benzene rings is 2. The van der Waals surface area contributed by atoms with Gasteiger partial charge >= 0.3 is 0 Å². The lowest BCUT2D eigenvalue weighted by Crippen LogP contribution is -2.01. The molecule has 0 bridgehead atoms. The van der Waals surface area contributed by atoms with E-state index >= 15 is 0 Å². The summed E-state index contributed by atoms with van der Waals surface area (Å²) in [5.41, 5.74) is 9.53. The van der Waals surface area contributed by atoms with Crippen LogP contribution in [-0.2, 0) is 6.54 Å². The highest BCUT2D eigenvalue weighted by molar-refractivity contribution is 7.13. The molecule has 0 aliphatic heterocycles. The van der Waals surface area contributed by atoms with Crippen molar-refractivity contribution in [3.63, 3.8) is 0 Å². The molecule has 22 heavy (non-hydrogen) atoms. The third kappa shape index (κ3) is 3.10. The minimum atomic E-state index is 0.402. The Balaban J connectivity index is 2.16. The Labute approximate surface area is 142 Å². The van der Waals surface area contributed by atoms with Gasteiger partial charge in [-0.25, -0.2) is 4.98 Å². The molecule has 3 aromatic rings. The van der Waals surface area contributed by atoms with Gasteiger partial charge in [-0.1, -0.05) is 35.3 Å². The molecule has 0 radical (unpaired) electrons. The maximum absolute atomic E-state index is 6.41. The van der Waals surface area contributed by atoms with E-state index in [0.29, 0.717) is 16.6 Å². The van der Waals surface area contributed by atoms with Crippen molar-refractivity contribution in [1.29, 1.82) is 0 Å². The van der Waals surface area contributed by atoms with Gasteiger partial charge in [0.05, 0.1) is 0 Å². The fraction of sp³-hybridized carbons (Fsp3) is 0.0625. The molecule has 112 valence electrons. The molecule has 0 aliphatic carbocycles. The van der Waals surface area contributed by atoms with Crippen LogP contribution in [0.15, 0.2) is 48.0 Å². The minimum Gasteiger partial charge on any atom is -0.331 e. The van der Waals surface area contributed by atoms with E-state index in [1.807, 2.05) is 41.8 Å². The summed E-state index contributed by atoms with van der Waals surface area (Å²) in [6, 6.07) is 11.4. The van der Waals surface area contributed by atoms with E-state index in [1.165, 1.54) is 11.3 Å². The van der Waals surface area contributed by atoms with Crippen LogP contribution in [0.3, 0.4) is 0 Å². The molecule has 3 N–H and O–H groups in total. The van der Waals surface area contributed by atoms with Crippen LogP contribution in [0.25, 0.3) is 11.1 Å².